The van der Waals surface area contributed by atoms with Gasteiger partial charge in [0.1, 0.15) is 5.69 Å². The van der Waals surface area contributed by atoms with Crippen LogP contribution < -0.4 is 10.2 Å². The Hall–Kier alpha value is -3.24. The molecular weight excluding hydrogens is 738 g/mol. The Balaban J connectivity index is 1.47. The number of carbonyl (C=O) groups is 2. The lowest BCUT2D eigenvalue weighted by Crippen LogP contribution is -2.19. The lowest BCUT2D eigenvalue weighted by Gasteiger charge is -2.11. The van der Waals surface area contributed by atoms with E-state index in [1.807, 2.05) is 36.4 Å². The summed E-state index contributed by atoms with van der Waals surface area (Å²) >= 11 is 16.8. The molecular formula is C31H21Br3ClN3O3. The van der Waals surface area contributed by atoms with Crippen LogP contribution in [0.4, 0.5) is 0 Å². The van der Waals surface area contributed by atoms with Crippen LogP contribution in [0.1, 0.15) is 38.9 Å². The molecule has 0 aliphatic carbocycles. The standard InChI is InChI=1S/C31H21Br3ClN3O3/c1-2-17-6-5-8-23-26(22-7-3-4-9-25(22)35)28(37-27(17)23)30(39)38-36-16-19-14-21(33)15-24(34)29(19)41-31(40)18-10-12-20(32)13-11-18/h3-16,37H,2H2,1H3,(H,38,39). The van der Waals surface area contributed by atoms with E-state index in [1.54, 1.807) is 42.5 Å². The van der Waals surface area contributed by atoms with Gasteiger partial charge >= 0.3 is 5.97 Å². The highest BCUT2D eigenvalue weighted by atomic mass is 79.9. The zero-order chi connectivity index (χ0) is 29.1. The molecule has 0 saturated heterocycles. The third-order valence-electron chi connectivity index (χ3n) is 6.35. The lowest BCUT2D eigenvalue weighted by molar-refractivity contribution is 0.0733. The number of fused-ring (bicyclic) bond motifs is 1. The van der Waals surface area contributed by atoms with Crippen molar-refractivity contribution in [2.45, 2.75) is 13.3 Å². The molecule has 0 radical (unpaired) electrons. The van der Waals surface area contributed by atoms with E-state index >= 15 is 0 Å². The highest BCUT2D eigenvalue weighted by Crippen LogP contribution is 2.38. The molecule has 0 atom stereocenters. The van der Waals surface area contributed by atoms with Crippen molar-refractivity contribution < 1.29 is 14.3 Å². The number of hydrogen-bond acceptors (Lipinski definition) is 4. The number of aryl methyl sites for hydroxylation is 1. The predicted octanol–water partition coefficient (Wildman–Crippen LogP) is 9.32. The number of aromatic nitrogens is 1. The molecule has 0 aliphatic rings. The molecule has 6 nitrogen and oxygen atoms in total. The minimum Gasteiger partial charge on any atom is -0.421 e. The zero-order valence-electron chi connectivity index (χ0n) is 21.5. The number of halogens is 4. The van der Waals surface area contributed by atoms with E-state index in [0.717, 1.165) is 37.4 Å². The van der Waals surface area contributed by atoms with Crippen LogP contribution in [0, 0.1) is 0 Å². The molecule has 0 bridgehead atoms. The highest BCUT2D eigenvalue weighted by Gasteiger charge is 2.22. The molecule has 0 spiro atoms. The minimum atomic E-state index is -0.534. The van der Waals surface area contributed by atoms with Gasteiger partial charge in [-0.05, 0) is 70.4 Å². The molecule has 5 rings (SSSR count). The smallest absolute Gasteiger partial charge is 0.343 e. The van der Waals surface area contributed by atoms with Crippen LogP contribution in [-0.4, -0.2) is 23.1 Å². The summed E-state index contributed by atoms with van der Waals surface area (Å²) in [6.45, 7) is 2.06. The molecule has 0 unspecified atom stereocenters. The number of para-hydroxylation sites is 1. The summed E-state index contributed by atoms with van der Waals surface area (Å²) in [5.41, 5.74) is 7.19. The first-order valence-corrected chi connectivity index (χ1v) is 15.2. The van der Waals surface area contributed by atoms with Crippen molar-refractivity contribution in [1.29, 1.82) is 0 Å². The zero-order valence-corrected chi connectivity index (χ0v) is 27.0. The Labute approximate surface area is 266 Å². The second-order valence-electron chi connectivity index (χ2n) is 8.95. The van der Waals surface area contributed by atoms with Crippen molar-refractivity contribution in [3.8, 4) is 16.9 Å². The number of hydrogen-bond donors (Lipinski definition) is 2. The topological polar surface area (TPSA) is 83.5 Å². The average Bonchev–Trinajstić information content (AvgIpc) is 3.35. The summed E-state index contributed by atoms with van der Waals surface area (Å²) in [6, 6.07) is 23.7. The van der Waals surface area contributed by atoms with Crippen molar-refractivity contribution >= 4 is 88.4 Å². The van der Waals surface area contributed by atoms with Crippen LogP contribution in [0.15, 0.2) is 97.4 Å². The molecule has 206 valence electrons. The van der Waals surface area contributed by atoms with Gasteiger partial charge in [0.2, 0.25) is 0 Å². The van der Waals surface area contributed by atoms with Crippen LogP contribution in [0.2, 0.25) is 5.02 Å². The first-order valence-electron chi connectivity index (χ1n) is 12.5. The molecule has 2 N–H and O–H groups in total. The highest BCUT2D eigenvalue weighted by molar-refractivity contribution is 9.11. The number of nitrogens with one attached hydrogen (secondary N) is 2. The average molecular weight is 759 g/mol. The van der Waals surface area contributed by atoms with Gasteiger partial charge in [0, 0.05) is 41.6 Å². The number of hydrazone groups is 1. The van der Waals surface area contributed by atoms with Gasteiger partial charge in [0.25, 0.3) is 5.91 Å². The fourth-order valence-electron chi connectivity index (χ4n) is 4.42. The molecule has 0 aliphatic heterocycles. The molecule has 0 fully saturated rings. The van der Waals surface area contributed by atoms with Gasteiger partial charge in [0.15, 0.2) is 5.75 Å². The van der Waals surface area contributed by atoms with Crippen molar-refractivity contribution in [3.05, 3.63) is 120 Å². The number of rotatable bonds is 7. The molecule has 1 amide bonds. The van der Waals surface area contributed by atoms with Crippen molar-refractivity contribution in [2.24, 2.45) is 5.10 Å². The summed E-state index contributed by atoms with van der Waals surface area (Å²) < 4.78 is 7.82. The number of amides is 1. The molecule has 10 heteroatoms. The normalized spacial score (nSPS) is 11.2. The number of nitrogens with zero attached hydrogens (tertiary/aromatic N) is 1. The second-order valence-corrected chi connectivity index (χ2v) is 12.0. The van der Waals surface area contributed by atoms with Gasteiger partial charge in [-0.1, -0.05) is 86.8 Å². The number of aromatic amines is 1. The Morgan fingerprint density at radius 3 is 2.46 bits per heavy atom. The maximum atomic E-state index is 13.5. The minimum absolute atomic E-state index is 0.258. The van der Waals surface area contributed by atoms with Crippen molar-refractivity contribution in [1.82, 2.24) is 10.4 Å². The maximum absolute atomic E-state index is 13.5. The third-order valence-corrected chi connectivity index (χ3v) is 8.26. The Morgan fingerprint density at radius 2 is 1.73 bits per heavy atom. The largest absolute Gasteiger partial charge is 0.421 e. The number of benzene rings is 4. The van der Waals surface area contributed by atoms with E-state index in [9.17, 15) is 9.59 Å². The summed E-state index contributed by atoms with van der Waals surface area (Å²) in [5, 5.41) is 5.63. The van der Waals surface area contributed by atoms with Gasteiger partial charge in [-0.3, -0.25) is 4.79 Å². The van der Waals surface area contributed by atoms with E-state index in [-0.39, 0.29) is 5.75 Å². The molecule has 1 aromatic heterocycles. The van der Waals surface area contributed by atoms with E-state index in [2.05, 4.69) is 70.2 Å². The number of carbonyl (C=O) groups excluding carboxylic acids is 2. The number of esters is 1. The summed E-state index contributed by atoms with van der Waals surface area (Å²) in [5.74, 6) is -0.723. The fraction of sp³-hybridized carbons (Fsp3) is 0.0645. The molecule has 0 saturated carbocycles. The molecule has 4 aromatic carbocycles. The maximum Gasteiger partial charge on any atom is 0.343 e. The van der Waals surface area contributed by atoms with E-state index in [0.29, 0.717) is 31.9 Å². The van der Waals surface area contributed by atoms with Crippen LogP contribution in [0.5, 0.6) is 5.75 Å². The molecule has 41 heavy (non-hydrogen) atoms. The first-order chi connectivity index (χ1) is 19.8. The number of H-pyrrole nitrogens is 1. The fourth-order valence-corrected chi connectivity index (χ4v) is 6.26. The van der Waals surface area contributed by atoms with Crippen LogP contribution in [-0.2, 0) is 6.42 Å². The summed E-state index contributed by atoms with van der Waals surface area (Å²) in [4.78, 5) is 29.6. The first kappa shape index (κ1) is 29.3. The van der Waals surface area contributed by atoms with Crippen molar-refractivity contribution in [2.75, 3.05) is 0 Å². The Kier molecular flexibility index (Phi) is 9.09. The summed E-state index contributed by atoms with van der Waals surface area (Å²) in [7, 11) is 0. The predicted molar refractivity (Wildman–Crippen MR) is 174 cm³/mol. The quantitative estimate of drug-likeness (QED) is 0.0752. The lowest BCUT2D eigenvalue weighted by atomic mass is 9.99. The van der Waals surface area contributed by atoms with Crippen LogP contribution in [0.3, 0.4) is 0 Å². The van der Waals surface area contributed by atoms with Gasteiger partial charge in [-0.15, -0.1) is 0 Å². The molecule has 5 aromatic rings. The van der Waals surface area contributed by atoms with Crippen LogP contribution >= 0.6 is 59.4 Å². The van der Waals surface area contributed by atoms with Gasteiger partial charge in [-0.25, -0.2) is 10.2 Å². The van der Waals surface area contributed by atoms with E-state index in [1.165, 1.54) is 6.21 Å². The van der Waals surface area contributed by atoms with Gasteiger partial charge in [0.05, 0.1) is 16.3 Å². The van der Waals surface area contributed by atoms with Gasteiger partial charge in [-0.2, -0.15) is 5.10 Å². The second kappa shape index (κ2) is 12.7. The molecule has 1 heterocycles. The van der Waals surface area contributed by atoms with Gasteiger partial charge < -0.3 is 9.72 Å². The SMILES string of the molecule is CCc1cccc2c(-c3ccccc3Cl)c(C(=O)NN=Cc3cc(Br)cc(Br)c3OC(=O)c3ccc(Br)cc3)[nH]c12. The van der Waals surface area contributed by atoms with E-state index in [4.69, 9.17) is 16.3 Å². The monoisotopic (exact) mass is 755 g/mol. The third kappa shape index (κ3) is 6.33. The summed E-state index contributed by atoms with van der Waals surface area (Å²) in [6.07, 6.45) is 2.21. The van der Waals surface area contributed by atoms with Crippen LogP contribution in [0.25, 0.3) is 22.0 Å². The van der Waals surface area contributed by atoms with E-state index < -0.39 is 11.9 Å². The Bertz CT molecular complexity index is 1820. The van der Waals surface area contributed by atoms with Crippen molar-refractivity contribution in [3.63, 3.8) is 0 Å². The Morgan fingerprint density at radius 1 is 0.976 bits per heavy atom. The number of ether oxygens (including phenoxy) is 1.